The molecule has 0 rings (SSSR count). The van der Waals surface area contributed by atoms with Gasteiger partial charge in [0.25, 0.3) is 0 Å². The summed E-state index contributed by atoms with van der Waals surface area (Å²) in [7, 11) is 1.47. The van der Waals surface area contributed by atoms with E-state index in [1.807, 2.05) is 21.1 Å². The number of carbonyl (C=O) groups is 2. The standard InChI is InChI=1S/C62H110NO8P/c1-6-8-10-12-14-16-18-20-22-24-25-26-27-28-29-30-31-32-33-34-35-36-37-39-41-43-45-47-49-51-53-55-62(65)71-60(59-70-72(66,67)69-57-56-63(3,4)5)58-68-61(64)54-52-50-48-46-44-42-40-38-23-21-19-17-15-13-11-9-7-2/h8-11,14-17,20-23,25-26,60H,6-7,12-13,18-19,24,27-59H2,1-5H3/p+1/b10-8-,11-9-,16-14-,17-15-,22-20-,23-21-,26-25-. The molecule has 0 aliphatic carbocycles. The van der Waals surface area contributed by atoms with E-state index in [0.717, 1.165) is 89.9 Å². The van der Waals surface area contributed by atoms with Gasteiger partial charge < -0.3 is 18.9 Å². The van der Waals surface area contributed by atoms with Gasteiger partial charge >= 0.3 is 19.8 Å². The van der Waals surface area contributed by atoms with Gasteiger partial charge in [-0.2, -0.15) is 0 Å². The molecule has 0 fully saturated rings. The molecule has 0 aliphatic heterocycles. The fourth-order valence-electron chi connectivity index (χ4n) is 7.96. The average Bonchev–Trinajstić information content (AvgIpc) is 3.34. The summed E-state index contributed by atoms with van der Waals surface area (Å²) < 4.78 is 34.6. The minimum Gasteiger partial charge on any atom is -0.462 e. The monoisotopic (exact) mass is 1030 g/mol. The van der Waals surface area contributed by atoms with Crippen LogP contribution in [-0.2, 0) is 32.7 Å². The fourth-order valence-corrected chi connectivity index (χ4v) is 8.70. The second-order valence-electron chi connectivity index (χ2n) is 20.6. The number of esters is 2. The minimum absolute atomic E-state index is 0.0278. The fraction of sp³-hybridized carbons (Fsp3) is 0.742. The van der Waals surface area contributed by atoms with Crippen molar-refractivity contribution in [1.29, 1.82) is 0 Å². The molecule has 0 aromatic carbocycles. The molecule has 2 unspecified atom stereocenters. The SMILES string of the molecule is CC/C=C\C/C=C\C/C=C\C/C=C\CCCCCCCCCCCCCCCCCCCCC(=O)OC(COC(=O)CCCCCCCCC/C=C\C/C=C\C/C=C\CC)COP(=O)(O)OCC[N+](C)(C)C. The normalized spacial score (nSPS) is 13.9. The summed E-state index contributed by atoms with van der Waals surface area (Å²) in [6.45, 7) is 4.21. The van der Waals surface area contributed by atoms with Crippen molar-refractivity contribution in [3.05, 3.63) is 85.1 Å². The zero-order valence-electron chi connectivity index (χ0n) is 47.1. The van der Waals surface area contributed by atoms with Crippen molar-refractivity contribution < 1.29 is 42.1 Å². The number of rotatable bonds is 53. The van der Waals surface area contributed by atoms with Crippen LogP contribution in [0, 0.1) is 0 Å². The maximum atomic E-state index is 12.8. The molecule has 0 aromatic rings. The number of nitrogens with zero attached hydrogens (tertiary/aromatic N) is 1. The van der Waals surface area contributed by atoms with Crippen LogP contribution in [0.1, 0.15) is 245 Å². The molecular weight excluding hydrogens is 918 g/mol. The summed E-state index contributed by atoms with van der Waals surface area (Å²) in [5.74, 6) is -0.806. The van der Waals surface area contributed by atoms with Gasteiger partial charge in [-0.15, -0.1) is 0 Å². The molecule has 1 N–H and O–H groups in total. The van der Waals surface area contributed by atoms with E-state index in [9.17, 15) is 19.0 Å². The number of unbranched alkanes of at least 4 members (excludes halogenated alkanes) is 25. The van der Waals surface area contributed by atoms with Gasteiger partial charge in [0, 0.05) is 12.8 Å². The number of hydrogen-bond donors (Lipinski definition) is 1. The van der Waals surface area contributed by atoms with Gasteiger partial charge in [-0.25, -0.2) is 4.57 Å². The number of hydrogen-bond acceptors (Lipinski definition) is 7. The third-order valence-electron chi connectivity index (χ3n) is 12.4. The molecule has 72 heavy (non-hydrogen) atoms. The van der Waals surface area contributed by atoms with Crippen LogP contribution in [0.15, 0.2) is 85.1 Å². The average molecular weight is 1030 g/mol. The third kappa shape index (κ3) is 56.5. The summed E-state index contributed by atoms with van der Waals surface area (Å²) in [5, 5.41) is 0. The van der Waals surface area contributed by atoms with Crippen LogP contribution in [0.3, 0.4) is 0 Å². The van der Waals surface area contributed by atoms with E-state index in [1.165, 1.54) is 122 Å². The van der Waals surface area contributed by atoms with Gasteiger partial charge in [0.1, 0.15) is 19.8 Å². The van der Waals surface area contributed by atoms with Gasteiger partial charge in [-0.3, -0.25) is 18.6 Å². The van der Waals surface area contributed by atoms with E-state index >= 15 is 0 Å². The van der Waals surface area contributed by atoms with Gasteiger partial charge in [-0.1, -0.05) is 234 Å². The lowest BCUT2D eigenvalue weighted by molar-refractivity contribution is -0.870. The maximum absolute atomic E-state index is 12.8. The van der Waals surface area contributed by atoms with Crippen molar-refractivity contribution in [1.82, 2.24) is 0 Å². The highest BCUT2D eigenvalue weighted by atomic mass is 31.2. The third-order valence-corrected chi connectivity index (χ3v) is 13.4. The van der Waals surface area contributed by atoms with E-state index in [2.05, 4.69) is 98.9 Å². The van der Waals surface area contributed by atoms with Gasteiger partial charge in [0.05, 0.1) is 27.7 Å². The first-order valence-electron chi connectivity index (χ1n) is 29.3. The molecule has 2 atom stereocenters. The summed E-state index contributed by atoms with van der Waals surface area (Å²) in [6, 6.07) is 0. The van der Waals surface area contributed by atoms with Crippen LogP contribution in [0.25, 0.3) is 0 Å². The summed E-state index contributed by atoms with van der Waals surface area (Å²) in [6.07, 6.45) is 70.9. The maximum Gasteiger partial charge on any atom is 0.472 e. The van der Waals surface area contributed by atoms with E-state index in [1.54, 1.807) is 0 Å². The first-order valence-corrected chi connectivity index (χ1v) is 30.8. The Morgan fingerprint density at radius 1 is 0.431 bits per heavy atom. The molecule has 10 heteroatoms. The van der Waals surface area contributed by atoms with Crippen molar-refractivity contribution in [2.75, 3.05) is 47.5 Å². The molecule has 0 saturated carbocycles. The summed E-state index contributed by atoms with van der Waals surface area (Å²) >= 11 is 0. The zero-order valence-corrected chi connectivity index (χ0v) is 48.0. The van der Waals surface area contributed by atoms with Crippen molar-refractivity contribution in [2.24, 2.45) is 0 Å². The van der Waals surface area contributed by atoms with E-state index in [-0.39, 0.29) is 32.0 Å². The van der Waals surface area contributed by atoms with Crippen LogP contribution in [-0.4, -0.2) is 74.9 Å². The van der Waals surface area contributed by atoms with Crippen LogP contribution in [0.4, 0.5) is 0 Å². The van der Waals surface area contributed by atoms with Crippen LogP contribution in [0.2, 0.25) is 0 Å². The van der Waals surface area contributed by atoms with Crippen molar-refractivity contribution in [3.63, 3.8) is 0 Å². The molecular formula is C62H111NO8P+. The number of allylic oxidation sites excluding steroid dienone is 14. The molecule has 0 aromatic heterocycles. The quantitative estimate of drug-likeness (QED) is 0.0211. The van der Waals surface area contributed by atoms with Crippen molar-refractivity contribution in [2.45, 2.75) is 251 Å². The van der Waals surface area contributed by atoms with E-state index in [0.29, 0.717) is 17.4 Å². The highest BCUT2D eigenvalue weighted by Gasteiger charge is 2.27. The van der Waals surface area contributed by atoms with Gasteiger partial charge in [0.2, 0.25) is 0 Å². The lowest BCUT2D eigenvalue weighted by Gasteiger charge is -2.24. The molecule has 0 heterocycles. The Kier molecular flexibility index (Phi) is 51.0. The predicted molar refractivity (Wildman–Crippen MR) is 307 cm³/mol. The Hall–Kier alpha value is -2.81. The van der Waals surface area contributed by atoms with Crippen molar-refractivity contribution >= 4 is 19.8 Å². The van der Waals surface area contributed by atoms with E-state index in [4.69, 9.17) is 18.5 Å². The summed E-state index contributed by atoms with van der Waals surface area (Å²) in [4.78, 5) is 35.7. The van der Waals surface area contributed by atoms with Gasteiger partial charge in [-0.05, 0) is 83.5 Å². The lowest BCUT2D eigenvalue weighted by Crippen LogP contribution is -2.37. The Morgan fingerprint density at radius 2 is 0.750 bits per heavy atom. The molecule has 9 nitrogen and oxygen atoms in total. The van der Waals surface area contributed by atoms with Crippen molar-refractivity contribution in [3.8, 4) is 0 Å². The Bertz CT molecular complexity index is 1490. The number of phosphoric ester groups is 1. The Morgan fingerprint density at radius 3 is 1.11 bits per heavy atom. The first-order chi connectivity index (χ1) is 35.0. The molecule has 0 bridgehead atoms. The minimum atomic E-state index is -4.39. The zero-order chi connectivity index (χ0) is 52.7. The topological polar surface area (TPSA) is 108 Å². The molecule has 0 spiro atoms. The molecule has 0 amide bonds. The van der Waals surface area contributed by atoms with E-state index < -0.39 is 26.5 Å². The van der Waals surface area contributed by atoms with Crippen LogP contribution >= 0.6 is 7.82 Å². The van der Waals surface area contributed by atoms with Crippen LogP contribution < -0.4 is 0 Å². The number of carbonyl (C=O) groups excluding carboxylic acids is 2. The molecule has 416 valence electrons. The predicted octanol–water partition coefficient (Wildman–Crippen LogP) is 18.3. The number of phosphoric acid groups is 1. The summed E-state index contributed by atoms with van der Waals surface area (Å²) in [5.41, 5.74) is 0. The van der Waals surface area contributed by atoms with Crippen LogP contribution in [0.5, 0.6) is 0 Å². The molecule has 0 saturated heterocycles. The smallest absolute Gasteiger partial charge is 0.462 e. The number of likely N-dealkylation sites (N-methyl/N-ethyl adjacent to an activating group) is 1. The molecule has 0 radical (unpaired) electrons. The molecule has 0 aliphatic rings. The lowest BCUT2D eigenvalue weighted by atomic mass is 10.0. The Balaban J connectivity index is 4.09. The second kappa shape index (κ2) is 53.0. The highest BCUT2D eigenvalue weighted by Crippen LogP contribution is 2.43. The largest absolute Gasteiger partial charge is 0.472 e. The second-order valence-corrected chi connectivity index (χ2v) is 22.1. The highest BCUT2D eigenvalue weighted by molar-refractivity contribution is 7.47. The first kappa shape index (κ1) is 69.2. The Labute approximate surface area is 443 Å². The van der Waals surface area contributed by atoms with Gasteiger partial charge in [0.15, 0.2) is 6.10 Å². The number of ether oxygens (including phenoxy) is 2. The number of quaternary nitrogens is 1.